The van der Waals surface area contributed by atoms with E-state index in [9.17, 15) is 5.11 Å². The van der Waals surface area contributed by atoms with Gasteiger partial charge in [-0.15, -0.1) is 0 Å². The molecule has 2 fully saturated rings. The Morgan fingerprint density at radius 2 is 2.19 bits per heavy atom. The maximum absolute atomic E-state index is 9.44. The first kappa shape index (κ1) is 10.3. The molecule has 0 aliphatic carbocycles. The van der Waals surface area contributed by atoms with E-state index in [1.165, 1.54) is 5.56 Å². The van der Waals surface area contributed by atoms with E-state index >= 15 is 0 Å². The van der Waals surface area contributed by atoms with Crippen molar-refractivity contribution in [2.24, 2.45) is 0 Å². The van der Waals surface area contributed by atoms with Crippen LogP contribution in [0.3, 0.4) is 0 Å². The van der Waals surface area contributed by atoms with Gasteiger partial charge in [0.15, 0.2) is 0 Å². The van der Waals surface area contributed by atoms with Gasteiger partial charge in [-0.25, -0.2) is 0 Å². The molecule has 3 rings (SSSR count). The minimum atomic E-state index is -0.0144. The smallest absolute Gasteiger partial charge is 0.0626 e. The van der Waals surface area contributed by atoms with Crippen LogP contribution in [0.25, 0.3) is 0 Å². The van der Waals surface area contributed by atoms with Gasteiger partial charge in [0.1, 0.15) is 0 Å². The molecule has 3 heteroatoms. The molecule has 0 saturated carbocycles. The molecular weight excluding hydrogens is 200 g/mol. The molecular formula is C13H18N2O. The van der Waals surface area contributed by atoms with Gasteiger partial charge in [-0.05, 0) is 12.0 Å². The van der Waals surface area contributed by atoms with E-state index in [0.29, 0.717) is 6.04 Å². The van der Waals surface area contributed by atoms with Crippen LogP contribution in [0.5, 0.6) is 0 Å². The number of nitrogens with zero attached hydrogens (tertiary/aromatic N) is 1. The molecule has 3 nitrogen and oxygen atoms in total. The van der Waals surface area contributed by atoms with E-state index in [-0.39, 0.29) is 12.1 Å². The first-order chi connectivity index (χ1) is 7.81. The zero-order valence-electron chi connectivity index (χ0n) is 9.39. The molecule has 2 aliphatic heterocycles. The monoisotopic (exact) mass is 218 g/mol. The lowest BCUT2D eigenvalue weighted by atomic mass is 10.0. The average molecular weight is 218 g/mol. The number of fused-ring (bicyclic) bond motifs is 2. The van der Waals surface area contributed by atoms with Gasteiger partial charge in [0.05, 0.1) is 12.1 Å². The van der Waals surface area contributed by atoms with Crippen molar-refractivity contribution in [3.8, 4) is 0 Å². The summed E-state index contributed by atoms with van der Waals surface area (Å²) in [6.45, 7) is 3.26. The highest BCUT2D eigenvalue weighted by Gasteiger charge is 2.48. The summed E-state index contributed by atoms with van der Waals surface area (Å²) in [5.74, 6) is 0. The molecule has 86 valence electrons. The first-order valence-electron chi connectivity index (χ1n) is 5.95. The first-order valence-corrected chi connectivity index (χ1v) is 5.95. The van der Waals surface area contributed by atoms with Crippen LogP contribution in [0.15, 0.2) is 30.3 Å². The van der Waals surface area contributed by atoms with Crippen LogP contribution >= 0.6 is 0 Å². The van der Waals surface area contributed by atoms with E-state index in [0.717, 1.165) is 26.1 Å². The molecule has 1 aromatic rings. The summed E-state index contributed by atoms with van der Waals surface area (Å²) in [7, 11) is 0. The van der Waals surface area contributed by atoms with Crippen LogP contribution in [0.1, 0.15) is 12.0 Å². The number of nitrogens with one attached hydrogen (secondary N) is 1. The van der Waals surface area contributed by atoms with Gasteiger partial charge in [0.25, 0.3) is 0 Å². The summed E-state index contributed by atoms with van der Waals surface area (Å²) in [6, 6.07) is 11.2. The fourth-order valence-electron chi connectivity index (χ4n) is 3.00. The van der Waals surface area contributed by atoms with Crippen LogP contribution in [-0.4, -0.2) is 41.3 Å². The molecule has 2 aliphatic rings. The Morgan fingerprint density at radius 1 is 1.38 bits per heavy atom. The highest BCUT2D eigenvalue weighted by Crippen LogP contribution is 2.33. The van der Waals surface area contributed by atoms with Crippen molar-refractivity contribution in [3.63, 3.8) is 0 Å². The second kappa shape index (κ2) is 3.84. The number of hydrogen-bond acceptors (Lipinski definition) is 3. The number of rotatable bonds is 3. The van der Waals surface area contributed by atoms with Crippen LogP contribution in [0, 0.1) is 0 Å². The Kier molecular flexibility index (Phi) is 2.46. The fourth-order valence-corrected chi connectivity index (χ4v) is 3.00. The van der Waals surface area contributed by atoms with Crippen molar-refractivity contribution >= 4 is 0 Å². The zero-order chi connectivity index (χ0) is 11.0. The molecule has 2 saturated heterocycles. The van der Waals surface area contributed by atoms with Crippen LogP contribution in [0.2, 0.25) is 0 Å². The lowest BCUT2D eigenvalue weighted by Crippen LogP contribution is -2.53. The van der Waals surface area contributed by atoms with Crippen molar-refractivity contribution in [1.29, 1.82) is 0 Å². The van der Waals surface area contributed by atoms with E-state index in [1.807, 2.05) is 0 Å². The van der Waals surface area contributed by atoms with Gasteiger partial charge in [-0.2, -0.15) is 0 Å². The van der Waals surface area contributed by atoms with E-state index in [4.69, 9.17) is 0 Å². The standard InChI is InChI=1S/C13H18N2O/c16-10-13-6-12(7-14-13)15(9-13)8-11-4-2-1-3-5-11/h1-5,12,14,16H,6-10H2/t12-,13+/m0/s1. The summed E-state index contributed by atoms with van der Waals surface area (Å²) in [5.41, 5.74) is 1.35. The van der Waals surface area contributed by atoms with E-state index in [1.54, 1.807) is 0 Å². The van der Waals surface area contributed by atoms with Gasteiger partial charge in [-0.3, -0.25) is 4.90 Å². The normalized spacial score (nSPS) is 33.4. The number of likely N-dealkylation sites (tertiary alicyclic amines) is 1. The third-order valence-corrected chi connectivity index (χ3v) is 3.89. The molecule has 2 atom stereocenters. The van der Waals surface area contributed by atoms with Crippen molar-refractivity contribution in [1.82, 2.24) is 10.2 Å². The van der Waals surface area contributed by atoms with Crippen molar-refractivity contribution in [2.75, 3.05) is 19.7 Å². The fraction of sp³-hybridized carbons (Fsp3) is 0.538. The quantitative estimate of drug-likeness (QED) is 0.779. The number of aliphatic hydroxyl groups is 1. The SMILES string of the molecule is OC[C@]12C[C@@H](CN1)N(Cc1ccccc1)C2. The van der Waals surface area contributed by atoms with Crippen molar-refractivity contribution in [3.05, 3.63) is 35.9 Å². The minimum Gasteiger partial charge on any atom is -0.394 e. The lowest BCUT2D eigenvalue weighted by Gasteiger charge is -2.32. The number of benzene rings is 1. The number of hydrogen-bond donors (Lipinski definition) is 2. The number of aliphatic hydroxyl groups excluding tert-OH is 1. The molecule has 2 bridgehead atoms. The molecule has 2 N–H and O–H groups in total. The lowest BCUT2D eigenvalue weighted by molar-refractivity contribution is 0.136. The third-order valence-electron chi connectivity index (χ3n) is 3.89. The third kappa shape index (κ3) is 1.65. The summed E-state index contributed by atoms with van der Waals surface area (Å²) < 4.78 is 0. The summed E-state index contributed by atoms with van der Waals surface area (Å²) in [6.07, 6.45) is 1.09. The Bertz CT molecular complexity index is 367. The van der Waals surface area contributed by atoms with Gasteiger partial charge >= 0.3 is 0 Å². The molecule has 0 spiro atoms. The predicted octanol–water partition coefficient (Wildman–Crippen LogP) is 0.595. The Balaban J connectivity index is 1.70. The Morgan fingerprint density at radius 3 is 2.88 bits per heavy atom. The molecule has 0 radical (unpaired) electrons. The zero-order valence-corrected chi connectivity index (χ0v) is 9.39. The number of piperazine rings is 1. The summed E-state index contributed by atoms with van der Waals surface area (Å²) >= 11 is 0. The molecule has 0 amide bonds. The largest absolute Gasteiger partial charge is 0.394 e. The average Bonchev–Trinajstić information content (AvgIpc) is 2.89. The summed E-state index contributed by atoms with van der Waals surface area (Å²) in [4.78, 5) is 2.49. The maximum Gasteiger partial charge on any atom is 0.0626 e. The molecule has 0 unspecified atom stereocenters. The van der Waals surface area contributed by atoms with E-state index in [2.05, 4.69) is 40.5 Å². The van der Waals surface area contributed by atoms with Crippen LogP contribution < -0.4 is 5.32 Å². The molecule has 16 heavy (non-hydrogen) atoms. The maximum atomic E-state index is 9.44. The molecule has 1 aromatic carbocycles. The second-order valence-electron chi connectivity index (χ2n) is 5.07. The van der Waals surface area contributed by atoms with E-state index < -0.39 is 0 Å². The Hall–Kier alpha value is -0.900. The Labute approximate surface area is 96.1 Å². The predicted molar refractivity (Wildman–Crippen MR) is 63.1 cm³/mol. The minimum absolute atomic E-state index is 0.0144. The van der Waals surface area contributed by atoms with Crippen LogP contribution in [0.4, 0.5) is 0 Å². The van der Waals surface area contributed by atoms with Crippen molar-refractivity contribution in [2.45, 2.75) is 24.5 Å². The molecule has 0 aromatic heterocycles. The van der Waals surface area contributed by atoms with Gasteiger partial charge in [-0.1, -0.05) is 30.3 Å². The summed E-state index contributed by atoms with van der Waals surface area (Å²) in [5, 5.41) is 12.9. The molecule has 2 heterocycles. The second-order valence-corrected chi connectivity index (χ2v) is 5.07. The topological polar surface area (TPSA) is 35.5 Å². The van der Waals surface area contributed by atoms with Crippen LogP contribution in [-0.2, 0) is 6.54 Å². The van der Waals surface area contributed by atoms with Gasteiger partial charge < -0.3 is 10.4 Å². The van der Waals surface area contributed by atoms with Crippen molar-refractivity contribution < 1.29 is 5.11 Å². The highest BCUT2D eigenvalue weighted by atomic mass is 16.3. The highest BCUT2D eigenvalue weighted by molar-refractivity contribution is 5.17. The van der Waals surface area contributed by atoms with Gasteiger partial charge in [0.2, 0.25) is 0 Å². The van der Waals surface area contributed by atoms with Gasteiger partial charge in [0, 0.05) is 25.7 Å².